The van der Waals surface area contributed by atoms with Gasteiger partial charge in [-0.25, -0.2) is 18.2 Å². The van der Waals surface area contributed by atoms with Crippen molar-refractivity contribution in [3.05, 3.63) is 22.3 Å². The Bertz CT molecular complexity index is 630. The second kappa shape index (κ2) is 4.97. The number of esters is 1. The quantitative estimate of drug-likeness (QED) is 0.771. The highest BCUT2D eigenvalue weighted by Crippen LogP contribution is 2.28. The Balaban J connectivity index is 2.54. The zero-order valence-electron chi connectivity index (χ0n) is 10.5. The first-order valence-corrected chi connectivity index (χ1v) is 7.61. The van der Waals surface area contributed by atoms with E-state index in [9.17, 15) is 13.2 Å². The van der Waals surface area contributed by atoms with E-state index in [4.69, 9.17) is 11.6 Å². The average Bonchev–Trinajstić information content (AvgIpc) is 2.71. The zero-order chi connectivity index (χ0) is 14.2. The van der Waals surface area contributed by atoms with Crippen molar-refractivity contribution in [1.82, 2.24) is 4.98 Å². The van der Waals surface area contributed by atoms with E-state index in [2.05, 4.69) is 9.72 Å². The molecule has 0 radical (unpaired) electrons. The Kier molecular flexibility index (Phi) is 3.69. The topological polar surface area (TPSA) is 76.6 Å². The number of carbonyl (C=O) groups excluding carboxylic acids is 1. The van der Waals surface area contributed by atoms with E-state index in [0.29, 0.717) is 18.7 Å². The van der Waals surface area contributed by atoms with Crippen molar-refractivity contribution >= 4 is 33.4 Å². The summed E-state index contributed by atoms with van der Waals surface area (Å²) in [5.74, 6) is -0.322. The molecule has 2 heterocycles. The lowest BCUT2D eigenvalue weighted by molar-refractivity contribution is 0.0600. The molecule has 0 unspecified atom stereocenters. The summed E-state index contributed by atoms with van der Waals surface area (Å²) in [6, 6.07) is 1.35. The first kappa shape index (κ1) is 14.1. The first-order chi connectivity index (χ1) is 8.86. The van der Waals surface area contributed by atoms with Gasteiger partial charge in [-0.3, -0.25) is 4.31 Å². The second-order valence-corrected chi connectivity index (χ2v) is 6.55. The highest BCUT2D eigenvalue weighted by molar-refractivity contribution is 7.93. The maximum absolute atomic E-state index is 11.8. The van der Waals surface area contributed by atoms with E-state index in [0.717, 1.165) is 0 Å². The molecule has 1 aliphatic rings. The van der Waals surface area contributed by atoms with Crippen molar-refractivity contribution in [2.75, 3.05) is 23.7 Å². The van der Waals surface area contributed by atoms with Crippen LogP contribution in [-0.4, -0.2) is 38.8 Å². The minimum absolute atomic E-state index is 0.0872. The van der Waals surface area contributed by atoms with Crippen molar-refractivity contribution in [1.29, 1.82) is 0 Å². The average molecular weight is 305 g/mol. The fourth-order valence-electron chi connectivity index (χ4n) is 1.92. The van der Waals surface area contributed by atoms with E-state index in [-0.39, 0.29) is 22.2 Å². The van der Waals surface area contributed by atoms with Crippen molar-refractivity contribution in [3.8, 4) is 0 Å². The third kappa shape index (κ3) is 2.52. The number of nitrogens with zero attached hydrogens (tertiary/aromatic N) is 2. The molecule has 2 rings (SSSR count). The summed E-state index contributed by atoms with van der Waals surface area (Å²) in [4.78, 5) is 15.7. The van der Waals surface area contributed by atoms with Gasteiger partial charge in [-0.1, -0.05) is 11.6 Å². The van der Waals surface area contributed by atoms with Gasteiger partial charge in [-0.05, 0) is 19.4 Å². The summed E-state index contributed by atoms with van der Waals surface area (Å²) in [5.41, 5.74) is 0.510. The van der Waals surface area contributed by atoms with Crippen LogP contribution in [0.25, 0.3) is 0 Å². The van der Waals surface area contributed by atoms with E-state index >= 15 is 0 Å². The molecule has 6 nitrogen and oxygen atoms in total. The molecule has 1 fully saturated rings. The van der Waals surface area contributed by atoms with Crippen LogP contribution in [-0.2, 0) is 14.8 Å². The first-order valence-electron chi connectivity index (χ1n) is 5.62. The smallest absolute Gasteiger partial charge is 0.339 e. The van der Waals surface area contributed by atoms with Crippen molar-refractivity contribution in [2.24, 2.45) is 0 Å². The number of sulfonamides is 1. The SMILES string of the molecule is COC(=O)c1cc(N2CCCS2(=O)=O)nc(C)c1Cl. The molecule has 0 N–H and O–H groups in total. The summed E-state index contributed by atoms with van der Waals surface area (Å²) in [5, 5.41) is 0.173. The van der Waals surface area contributed by atoms with Crippen LogP contribution in [0.3, 0.4) is 0 Å². The number of aryl methyl sites for hydroxylation is 1. The molecule has 0 saturated carbocycles. The van der Waals surface area contributed by atoms with Gasteiger partial charge in [0.1, 0.15) is 5.82 Å². The number of methoxy groups -OCH3 is 1. The summed E-state index contributed by atoms with van der Waals surface area (Å²) in [7, 11) is -2.11. The molecule has 0 spiro atoms. The molecule has 1 aliphatic heterocycles. The molecule has 1 saturated heterocycles. The Labute approximate surface area is 116 Å². The van der Waals surface area contributed by atoms with Gasteiger partial charge in [0.05, 0.1) is 29.1 Å². The highest BCUT2D eigenvalue weighted by Gasteiger charge is 2.30. The van der Waals surface area contributed by atoms with Gasteiger partial charge >= 0.3 is 5.97 Å². The number of aromatic nitrogens is 1. The van der Waals surface area contributed by atoms with Crippen LogP contribution in [0.1, 0.15) is 22.5 Å². The number of ether oxygens (including phenoxy) is 1. The highest BCUT2D eigenvalue weighted by atomic mass is 35.5. The number of pyridine rings is 1. The summed E-state index contributed by atoms with van der Waals surface area (Å²) in [6.45, 7) is 1.97. The van der Waals surface area contributed by atoms with Gasteiger partial charge < -0.3 is 4.74 Å². The maximum Gasteiger partial charge on any atom is 0.339 e. The van der Waals surface area contributed by atoms with Crippen molar-refractivity contribution in [3.63, 3.8) is 0 Å². The predicted molar refractivity (Wildman–Crippen MR) is 71.1 cm³/mol. The number of carbonyl (C=O) groups is 1. The van der Waals surface area contributed by atoms with E-state index in [1.54, 1.807) is 6.92 Å². The molecule has 0 atom stereocenters. The summed E-state index contributed by atoms with van der Waals surface area (Å²) >= 11 is 5.99. The number of hydrogen-bond donors (Lipinski definition) is 0. The molecular weight excluding hydrogens is 292 g/mol. The largest absolute Gasteiger partial charge is 0.465 e. The Hall–Kier alpha value is -1.34. The van der Waals surface area contributed by atoms with Gasteiger partial charge in [0, 0.05) is 6.54 Å². The van der Waals surface area contributed by atoms with Gasteiger partial charge in [-0.2, -0.15) is 0 Å². The molecule has 0 amide bonds. The van der Waals surface area contributed by atoms with E-state index in [1.807, 2.05) is 0 Å². The Morgan fingerprint density at radius 1 is 1.53 bits per heavy atom. The van der Waals surface area contributed by atoms with Crippen LogP contribution in [0.5, 0.6) is 0 Å². The lowest BCUT2D eigenvalue weighted by atomic mass is 10.2. The molecule has 0 aliphatic carbocycles. The van der Waals surface area contributed by atoms with Gasteiger partial charge in [-0.15, -0.1) is 0 Å². The Morgan fingerprint density at radius 2 is 2.21 bits per heavy atom. The predicted octanol–water partition coefficient (Wildman–Crippen LogP) is 1.37. The summed E-state index contributed by atoms with van der Waals surface area (Å²) < 4.78 is 29.5. The number of anilines is 1. The van der Waals surface area contributed by atoms with Crippen LogP contribution in [0, 0.1) is 6.92 Å². The third-order valence-corrected chi connectivity index (χ3v) is 5.19. The number of rotatable bonds is 2. The molecule has 1 aromatic heterocycles. The minimum atomic E-state index is -3.34. The lowest BCUT2D eigenvalue weighted by Gasteiger charge is -2.17. The molecular formula is C11H13ClN2O4S. The van der Waals surface area contributed by atoms with Gasteiger partial charge in [0.25, 0.3) is 0 Å². The lowest BCUT2D eigenvalue weighted by Crippen LogP contribution is -2.26. The normalized spacial score (nSPS) is 17.5. The van der Waals surface area contributed by atoms with Gasteiger partial charge in [0.2, 0.25) is 10.0 Å². The van der Waals surface area contributed by atoms with Crippen LogP contribution in [0.4, 0.5) is 5.82 Å². The fraction of sp³-hybridized carbons (Fsp3) is 0.455. The monoisotopic (exact) mass is 304 g/mol. The molecule has 8 heteroatoms. The Morgan fingerprint density at radius 3 is 2.74 bits per heavy atom. The zero-order valence-corrected chi connectivity index (χ0v) is 12.1. The van der Waals surface area contributed by atoms with Crippen LogP contribution < -0.4 is 4.31 Å². The molecule has 104 valence electrons. The fourth-order valence-corrected chi connectivity index (χ4v) is 3.60. The number of hydrogen-bond acceptors (Lipinski definition) is 5. The number of halogens is 1. The van der Waals surface area contributed by atoms with Crippen molar-refractivity contribution < 1.29 is 17.9 Å². The second-order valence-electron chi connectivity index (χ2n) is 4.16. The van der Waals surface area contributed by atoms with Crippen LogP contribution in [0.2, 0.25) is 5.02 Å². The standard InChI is InChI=1S/C11H13ClN2O4S/c1-7-10(12)8(11(15)18-2)6-9(13-7)14-4-3-5-19(14,16)17/h6H,3-5H2,1-2H3. The molecule has 1 aromatic rings. The maximum atomic E-state index is 11.8. The molecule has 0 bridgehead atoms. The van der Waals surface area contributed by atoms with Gasteiger partial charge in [0.15, 0.2) is 0 Å². The van der Waals surface area contributed by atoms with E-state index < -0.39 is 16.0 Å². The van der Waals surface area contributed by atoms with E-state index in [1.165, 1.54) is 17.5 Å². The third-order valence-electron chi connectivity index (χ3n) is 2.87. The summed E-state index contributed by atoms with van der Waals surface area (Å²) in [6.07, 6.45) is 0.541. The van der Waals surface area contributed by atoms with Crippen LogP contribution in [0.15, 0.2) is 6.07 Å². The molecule has 0 aromatic carbocycles. The molecule has 19 heavy (non-hydrogen) atoms. The minimum Gasteiger partial charge on any atom is -0.465 e. The van der Waals surface area contributed by atoms with Crippen molar-refractivity contribution in [2.45, 2.75) is 13.3 Å². The van der Waals surface area contributed by atoms with Crippen LogP contribution >= 0.6 is 11.6 Å².